The molecule has 17 heavy (non-hydrogen) atoms. The van der Waals surface area contributed by atoms with Crippen LogP contribution in [0.25, 0.3) is 0 Å². The van der Waals surface area contributed by atoms with E-state index in [0.29, 0.717) is 6.04 Å². The van der Waals surface area contributed by atoms with Crippen molar-refractivity contribution in [3.63, 3.8) is 0 Å². The van der Waals surface area contributed by atoms with Crippen LogP contribution in [0.5, 0.6) is 0 Å². The van der Waals surface area contributed by atoms with Gasteiger partial charge in [0.1, 0.15) is 0 Å². The number of nitrogens with zero attached hydrogens (tertiary/aromatic N) is 1. The van der Waals surface area contributed by atoms with Crippen LogP contribution in [0, 0.1) is 5.92 Å². The van der Waals surface area contributed by atoms with Crippen LogP contribution in [0.2, 0.25) is 0 Å². The topological polar surface area (TPSA) is 32.3 Å². The number of hydrogen-bond donors (Lipinski definition) is 1. The lowest BCUT2D eigenvalue weighted by Gasteiger charge is -2.33. The molecule has 1 N–H and O–H groups in total. The van der Waals surface area contributed by atoms with Crippen molar-refractivity contribution in [3.8, 4) is 0 Å². The fourth-order valence-corrected chi connectivity index (χ4v) is 2.99. The summed E-state index contributed by atoms with van der Waals surface area (Å²) in [5, 5.41) is 3.54. The maximum atomic E-state index is 11.3. The molecule has 0 radical (unpaired) electrons. The summed E-state index contributed by atoms with van der Waals surface area (Å²) >= 11 is 0. The molecule has 1 atom stereocenters. The summed E-state index contributed by atoms with van der Waals surface area (Å²) in [5.74, 6) is 2.36. The second-order valence-corrected chi connectivity index (χ2v) is 7.22. The quantitative estimate of drug-likeness (QED) is 0.752. The van der Waals surface area contributed by atoms with E-state index >= 15 is 0 Å². The van der Waals surface area contributed by atoms with Gasteiger partial charge in [-0.2, -0.15) is 0 Å². The average Bonchev–Trinajstić information content (AvgIpc) is 2.30. The summed E-state index contributed by atoms with van der Waals surface area (Å²) in [6.07, 6.45) is 2.48. The summed E-state index contributed by atoms with van der Waals surface area (Å²) in [4.78, 5) is 2.56. The maximum Gasteiger partial charge on any atom is 0.0360 e. The molecule has 0 amide bonds. The van der Waals surface area contributed by atoms with Crippen molar-refractivity contribution in [3.05, 3.63) is 0 Å². The molecule has 0 aromatic rings. The van der Waals surface area contributed by atoms with E-state index in [1.54, 1.807) is 0 Å². The molecule has 1 aliphatic rings. The van der Waals surface area contributed by atoms with Gasteiger partial charge in [0.2, 0.25) is 0 Å². The zero-order valence-corrected chi connectivity index (χ0v) is 12.4. The second-order valence-electron chi connectivity index (χ2n) is 5.36. The first kappa shape index (κ1) is 15.1. The highest BCUT2D eigenvalue weighted by Crippen LogP contribution is 2.11. The molecule has 0 spiro atoms. The number of nitrogens with one attached hydrogen (secondary N) is 1. The van der Waals surface area contributed by atoms with Crippen LogP contribution in [0.15, 0.2) is 0 Å². The lowest BCUT2D eigenvalue weighted by Crippen LogP contribution is -2.44. The first-order valence-corrected chi connectivity index (χ1v) is 8.41. The van der Waals surface area contributed by atoms with E-state index in [9.17, 15) is 4.21 Å². The number of rotatable bonds is 7. The maximum absolute atomic E-state index is 11.3. The zero-order chi connectivity index (χ0) is 12.7. The van der Waals surface area contributed by atoms with Crippen molar-refractivity contribution in [2.45, 2.75) is 39.7 Å². The van der Waals surface area contributed by atoms with Gasteiger partial charge in [-0.15, -0.1) is 0 Å². The van der Waals surface area contributed by atoms with Gasteiger partial charge < -0.3 is 10.2 Å². The van der Waals surface area contributed by atoms with Gasteiger partial charge in [0, 0.05) is 41.4 Å². The molecule has 102 valence electrons. The third-order valence-corrected chi connectivity index (χ3v) is 4.60. The van der Waals surface area contributed by atoms with Gasteiger partial charge in [0.15, 0.2) is 0 Å². The van der Waals surface area contributed by atoms with Crippen LogP contribution in [-0.4, -0.2) is 52.8 Å². The molecule has 1 heterocycles. The van der Waals surface area contributed by atoms with E-state index in [1.165, 1.54) is 32.5 Å². The SMILES string of the molecule is CCS(=O)CCNC1CCN(CC(C)C)CC1. The van der Waals surface area contributed by atoms with Crippen molar-refractivity contribution in [1.82, 2.24) is 10.2 Å². The molecule has 0 aliphatic carbocycles. The minimum absolute atomic E-state index is 0.619. The molecule has 3 nitrogen and oxygen atoms in total. The first-order valence-electron chi connectivity index (χ1n) is 6.92. The van der Waals surface area contributed by atoms with Gasteiger partial charge in [-0.25, -0.2) is 0 Å². The molecule has 1 aliphatic heterocycles. The zero-order valence-electron chi connectivity index (χ0n) is 11.6. The molecule has 4 heteroatoms. The Morgan fingerprint density at radius 1 is 1.35 bits per heavy atom. The first-order chi connectivity index (χ1) is 8.11. The highest BCUT2D eigenvalue weighted by Gasteiger charge is 2.18. The molecular formula is C13H28N2OS. The van der Waals surface area contributed by atoms with Crippen molar-refractivity contribution in [2.24, 2.45) is 5.92 Å². The number of likely N-dealkylation sites (tertiary alicyclic amines) is 1. The predicted octanol–water partition coefficient (Wildman–Crippen LogP) is 1.46. The summed E-state index contributed by atoms with van der Waals surface area (Å²) in [6, 6.07) is 0.646. The summed E-state index contributed by atoms with van der Waals surface area (Å²) in [7, 11) is -0.619. The van der Waals surface area contributed by atoms with Crippen LogP contribution in [0.1, 0.15) is 33.6 Å². The highest BCUT2D eigenvalue weighted by atomic mass is 32.2. The smallest absolute Gasteiger partial charge is 0.0360 e. The van der Waals surface area contributed by atoms with Crippen molar-refractivity contribution in [2.75, 3.05) is 37.7 Å². The third kappa shape index (κ3) is 6.53. The van der Waals surface area contributed by atoms with Gasteiger partial charge in [-0.3, -0.25) is 4.21 Å². The van der Waals surface area contributed by atoms with Crippen LogP contribution in [-0.2, 0) is 10.8 Å². The molecule has 0 saturated carbocycles. The Labute approximate surface area is 109 Å². The summed E-state index contributed by atoms with van der Waals surface area (Å²) in [5.41, 5.74) is 0. The molecule has 1 saturated heterocycles. The normalized spacial score (nSPS) is 20.9. The second kappa shape index (κ2) is 8.22. The van der Waals surface area contributed by atoms with Crippen LogP contribution in [0.4, 0.5) is 0 Å². The van der Waals surface area contributed by atoms with Crippen molar-refractivity contribution >= 4 is 10.8 Å². The van der Waals surface area contributed by atoms with Crippen LogP contribution < -0.4 is 5.32 Å². The van der Waals surface area contributed by atoms with Gasteiger partial charge in [-0.05, 0) is 31.8 Å². The predicted molar refractivity (Wildman–Crippen MR) is 75.9 cm³/mol. The molecular weight excluding hydrogens is 232 g/mol. The Morgan fingerprint density at radius 2 is 2.00 bits per heavy atom. The van der Waals surface area contributed by atoms with E-state index in [-0.39, 0.29) is 0 Å². The highest BCUT2D eigenvalue weighted by molar-refractivity contribution is 7.84. The third-order valence-electron chi connectivity index (χ3n) is 3.30. The molecule has 0 aromatic heterocycles. The fraction of sp³-hybridized carbons (Fsp3) is 1.00. The summed E-state index contributed by atoms with van der Waals surface area (Å²) in [6.45, 7) is 11.1. The Kier molecular flexibility index (Phi) is 7.32. The number of hydrogen-bond acceptors (Lipinski definition) is 3. The monoisotopic (exact) mass is 260 g/mol. The minimum Gasteiger partial charge on any atom is -0.313 e. The average molecular weight is 260 g/mol. The Bertz CT molecular complexity index is 225. The van der Waals surface area contributed by atoms with Crippen LogP contribution in [0.3, 0.4) is 0 Å². The molecule has 0 aromatic carbocycles. The van der Waals surface area contributed by atoms with Crippen LogP contribution >= 0.6 is 0 Å². The minimum atomic E-state index is -0.619. The lowest BCUT2D eigenvalue weighted by molar-refractivity contribution is 0.181. The van der Waals surface area contributed by atoms with E-state index in [4.69, 9.17) is 0 Å². The van der Waals surface area contributed by atoms with E-state index in [0.717, 1.165) is 24.0 Å². The Morgan fingerprint density at radius 3 is 2.53 bits per heavy atom. The fourth-order valence-electron chi connectivity index (χ4n) is 2.36. The molecule has 1 fully saturated rings. The van der Waals surface area contributed by atoms with E-state index < -0.39 is 10.8 Å². The van der Waals surface area contributed by atoms with Gasteiger partial charge in [-0.1, -0.05) is 20.8 Å². The van der Waals surface area contributed by atoms with Gasteiger partial charge >= 0.3 is 0 Å². The van der Waals surface area contributed by atoms with E-state index in [2.05, 4.69) is 24.1 Å². The Balaban J connectivity index is 2.08. The largest absolute Gasteiger partial charge is 0.313 e. The molecule has 1 unspecified atom stereocenters. The Hall–Kier alpha value is 0.0700. The lowest BCUT2D eigenvalue weighted by atomic mass is 10.0. The van der Waals surface area contributed by atoms with Gasteiger partial charge in [0.25, 0.3) is 0 Å². The van der Waals surface area contributed by atoms with Crippen molar-refractivity contribution < 1.29 is 4.21 Å². The van der Waals surface area contributed by atoms with E-state index in [1.807, 2.05) is 6.92 Å². The standard InChI is InChI=1S/C13H28N2OS/c1-4-17(16)10-7-14-13-5-8-15(9-6-13)11-12(2)3/h12-14H,4-11H2,1-3H3. The molecule has 0 bridgehead atoms. The number of piperidine rings is 1. The van der Waals surface area contributed by atoms with Gasteiger partial charge in [0.05, 0.1) is 0 Å². The molecule has 1 rings (SSSR count). The van der Waals surface area contributed by atoms with Crippen molar-refractivity contribution in [1.29, 1.82) is 0 Å². The summed E-state index contributed by atoms with van der Waals surface area (Å²) < 4.78 is 11.3.